The van der Waals surface area contributed by atoms with Crippen LogP contribution in [0.3, 0.4) is 0 Å². The summed E-state index contributed by atoms with van der Waals surface area (Å²) < 4.78 is 4.84. The summed E-state index contributed by atoms with van der Waals surface area (Å²) >= 11 is 0. The van der Waals surface area contributed by atoms with Gasteiger partial charge in [-0.15, -0.1) is 0 Å². The summed E-state index contributed by atoms with van der Waals surface area (Å²) in [5.41, 5.74) is -0.712. The summed E-state index contributed by atoms with van der Waals surface area (Å²) in [7, 11) is 0. The summed E-state index contributed by atoms with van der Waals surface area (Å²) in [5, 5.41) is 0. The quantitative estimate of drug-likeness (QED) is 0.288. The van der Waals surface area contributed by atoms with E-state index in [4.69, 9.17) is 4.74 Å². The summed E-state index contributed by atoms with van der Waals surface area (Å²) in [5.74, 6) is -1.03. The van der Waals surface area contributed by atoms with Crippen LogP contribution in [0.25, 0.3) is 0 Å². The molecule has 0 aliphatic carbocycles. The zero-order valence-corrected chi connectivity index (χ0v) is 12.4. The second-order valence-electron chi connectivity index (χ2n) is 5.32. The molecule has 0 aromatic carbocycles. The molecule has 2 unspecified atom stereocenters. The lowest BCUT2D eigenvalue weighted by molar-refractivity contribution is -0.154. The number of unbranched alkanes of at least 4 members (excludes halogenated alkanes) is 4. The molecule has 0 saturated carbocycles. The Bertz CT molecular complexity index is 346. The minimum absolute atomic E-state index is 0.308. The van der Waals surface area contributed by atoms with Crippen molar-refractivity contribution >= 4 is 11.9 Å². The van der Waals surface area contributed by atoms with Crippen LogP contribution in [0.5, 0.6) is 0 Å². The zero-order chi connectivity index (χ0) is 14.3. The minimum atomic E-state index is -0.712. The van der Waals surface area contributed by atoms with Gasteiger partial charge < -0.3 is 4.74 Å². The lowest BCUT2D eigenvalue weighted by Gasteiger charge is -2.23. The normalized spacial score (nSPS) is 27.2. The van der Waals surface area contributed by atoms with Gasteiger partial charge in [-0.3, -0.25) is 9.59 Å². The Labute approximate surface area is 116 Å². The van der Waals surface area contributed by atoms with Crippen molar-refractivity contribution in [1.29, 1.82) is 0 Å². The molecule has 108 valence electrons. The first-order valence-corrected chi connectivity index (χ1v) is 7.56. The zero-order valence-electron chi connectivity index (χ0n) is 12.4. The highest BCUT2D eigenvalue weighted by Gasteiger charge is 2.53. The third kappa shape index (κ3) is 3.46. The molecule has 1 aliphatic rings. The monoisotopic (exact) mass is 266 g/mol. The van der Waals surface area contributed by atoms with E-state index in [-0.39, 0.29) is 17.9 Å². The summed E-state index contributed by atoms with van der Waals surface area (Å²) in [6.45, 7) is 6.07. The first-order valence-electron chi connectivity index (χ1n) is 7.56. The van der Waals surface area contributed by atoms with Gasteiger partial charge in [-0.25, -0.2) is 0 Å². The smallest absolute Gasteiger partial charge is 0.324 e. The van der Waals surface area contributed by atoms with Crippen LogP contribution in [0.4, 0.5) is 0 Å². The van der Waals surface area contributed by atoms with Crippen molar-refractivity contribution < 1.29 is 14.3 Å². The van der Waals surface area contributed by atoms with Crippen LogP contribution in [0.2, 0.25) is 0 Å². The predicted molar refractivity (Wildman–Crippen MR) is 75.5 cm³/mol. The van der Waals surface area contributed by atoms with Crippen molar-refractivity contribution in [3.63, 3.8) is 0 Å². The molecule has 1 aliphatic heterocycles. The first kappa shape index (κ1) is 15.9. The molecule has 0 aromatic rings. The average molecular weight is 266 g/mol. The Morgan fingerprint density at radius 2 is 1.89 bits per heavy atom. The number of carbonyl (C=O) groups excluding carboxylic acids is 2. The number of allylic oxidation sites excluding steroid dienone is 1. The molecular formula is C16H26O3. The highest BCUT2D eigenvalue weighted by Crippen LogP contribution is 2.43. The Kier molecular flexibility index (Phi) is 6.26. The molecule has 1 rings (SSSR count). The van der Waals surface area contributed by atoms with Crippen molar-refractivity contribution in [2.75, 3.05) is 0 Å². The van der Waals surface area contributed by atoms with Gasteiger partial charge in [0.15, 0.2) is 0 Å². The van der Waals surface area contributed by atoms with Gasteiger partial charge in [0.05, 0.1) is 11.3 Å². The van der Waals surface area contributed by atoms with Crippen LogP contribution in [0.15, 0.2) is 12.2 Å². The van der Waals surface area contributed by atoms with Gasteiger partial charge in [-0.2, -0.15) is 0 Å². The molecule has 2 atom stereocenters. The fraction of sp³-hybridized carbons (Fsp3) is 0.750. The second kappa shape index (κ2) is 7.46. The number of cyclic esters (lactones) is 2. The van der Waals surface area contributed by atoms with Crippen LogP contribution in [0, 0.1) is 11.3 Å². The van der Waals surface area contributed by atoms with Crippen LogP contribution in [-0.4, -0.2) is 11.9 Å². The van der Waals surface area contributed by atoms with Gasteiger partial charge in [0.25, 0.3) is 0 Å². The van der Waals surface area contributed by atoms with Gasteiger partial charge in [-0.05, 0) is 25.7 Å². The van der Waals surface area contributed by atoms with E-state index in [1.807, 2.05) is 19.9 Å². The maximum Gasteiger partial charge on any atom is 0.324 e. The molecule has 0 N–H and O–H groups in total. The summed E-state index contributed by atoms with van der Waals surface area (Å²) in [4.78, 5) is 23.7. The SMILES string of the molecule is CCCCCCC=CC1(CC)C(=O)OC(=O)C1CC. The lowest BCUT2D eigenvalue weighted by atomic mass is 9.73. The summed E-state index contributed by atoms with van der Waals surface area (Å²) in [6, 6.07) is 0. The number of hydrogen-bond donors (Lipinski definition) is 0. The molecule has 1 fully saturated rings. The van der Waals surface area contributed by atoms with Crippen molar-refractivity contribution in [2.45, 2.75) is 65.7 Å². The highest BCUT2D eigenvalue weighted by atomic mass is 16.6. The van der Waals surface area contributed by atoms with Crippen LogP contribution >= 0.6 is 0 Å². The van der Waals surface area contributed by atoms with Crippen molar-refractivity contribution in [1.82, 2.24) is 0 Å². The van der Waals surface area contributed by atoms with E-state index in [0.29, 0.717) is 12.8 Å². The van der Waals surface area contributed by atoms with Gasteiger partial charge in [0, 0.05) is 0 Å². The number of esters is 2. The lowest BCUT2D eigenvalue weighted by Crippen LogP contribution is -2.31. The number of rotatable bonds is 8. The molecule has 1 saturated heterocycles. The molecule has 0 bridgehead atoms. The fourth-order valence-corrected chi connectivity index (χ4v) is 2.82. The van der Waals surface area contributed by atoms with E-state index < -0.39 is 5.41 Å². The molecule has 0 radical (unpaired) electrons. The molecule has 3 nitrogen and oxygen atoms in total. The molecule has 19 heavy (non-hydrogen) atoms. The number of hydrogen-bond acceptors (Lipinski definition) is 3. The van der Waals surface area contributed by atoms with E-state index in [2.05, 4.69) is 13.0 Å². The van der Waals surface area contributed by atoms with E-state index >= 15 is 0 Å². The topological polar surface area (TPSA) is 43.4 Å². The van der Waals surface area contributed by atoms with Gasteiger partial charge in [-0.1, -0.05) is 52.2 Å². The molecule has 0 aromatic heterocycles. The van der Waals surface area contributed by atoms with E-state index in [0.717, 1.165) is 12.8 Å². The minimum Gasteiger partial charge on any atom is -0.392 e. The van der Waals surface area contributed by atoms with Crippen LogP contribution in [0.1, 0.15) is 65.7 Å². The van der Waals surface area contributed by atoms with Gasteiger partial charge in [0.1, 0.15) is 0 Å². The standard InChI is InChI=1S/C16H26O3/c1-4-7-8-9-10-11-12-16(6-3)13(5-2)14(17)19-15(16)18/h11-13H,4-10H2,1-3H3. The van der Waals surface area contributed by atoms with E-state index in [9.17, 15) is 9.59 Å². The summed E-state index contributed by atoms with van der Waals surface area (Å²) in [6.07, 6.45) is 11.1. The number of carbonyl (C=O) groups is 2. The van der Waals surface area contributed by atoms with Crippen LogP contribution < -0.4 is 0 Å². The highest BCUT2D eigenvalue weighted by molar-refractivity contribution is 6.00. The maximum absolute atomic E-state index is 12.0. The Morgan fingerprint density at radius 1 is 1.16 bits per heavy atom. The third-order valence-corrected chi connectivity index (χ3v) is 4.11. The molecular weight excluding hydrogens is 240 g/mol. The number of ether oxygens (including phenoxy) is 1. The van der Waals surface area contributed by atoms with Gasteiger partial charge in [0.2, 0.25) is 0 Å². The maximum atomic E-state index is 12.0. The molecule has 0 spiro atoms. The Morgan fingerprint density at radius 3 is 2.47 bits per heavy atom. The Balaban J connectivity index is 2.66. The largest absolute Gasteiger partial charge is 0.392 e. The van der Waals surface area contributed by atoms with Crippen molar-refractivity contribution in [2.24, 2.45) is 11.3 Å². The molecule has 3 heteroatoms. The molecule has 1 heterocycles. The van der Waals surface area contributed by atoms with Gasteiger partial charge >= 0.3 is 11.9 Å². The van der Waals surface area contributed by atoms with Crippen LogP contribution in [-0.2, 0) is 14.3 Å². The average Bonchev–Trinajstić information content (AvgIpc) is 2.64. The van der Waals surface area contributed by atoms with Crippen molar-refractivity contribution in [3.8, 4) is 0 Å². The fourth-order valence-electron chi connectivity index (χ4n) is 2.82. The van der Waals surface area contributed by atoms with E-state index in [1.165, 1.54) is 19.3 Å². The van der Waals surface area contributed by atoms with Crippen molar-refractivity contribution in [3.05, 3.63) is 12.2 Å². The Hall–Kier alpha value is -1.12. The molecule has 0 amide bonds. The second-order valence-corrected chi connectivity index (χ2v) is 5.32. The first-order chi connectivity index (χ1) is 9.12. The van der Waals surface area contributed by atoms with E-state index in [1.54, 1.807) is 0 Å². The third-order valence-electron chi connectivity index (χ3n) is 4.11. The predicted octanol–water partition coefficient (Wildman–Crippen LogP) is 4.02.